The number of hydrogen-bond acceptors (Lipinski definition) is 8. The smallest absolute Gasteiger partial charge is 0.322 e. The molecular formula is C23H19N5O5. The minimum absolute atomic E-state index is 0.00600. The first kappa shape index (κ1) is 21.5. The molecule has 0 saturated heterocycles. The number of nitro groups is 1. The van der Waals surface area contributed by atoms with Crippen LogP contribution in [-0.4, -0.2) is 27.6 Å². The van der Waals surface area contributed by atoms with E-state index >= 15 is 0 Å². The molecule has 0 saturated carbocycles. The number of anilines is 2. The zero-order chi connectivity index (χ0) is 23.0. The summed E-state index contributed by atoms with van der Waals surface area (Å²) in [7, 11) is 0. The van der Waals surface area contributed by atoms with Crippen molar-refractivity contribution in [1.29, 1.82) is 0 Å². The van der Waals surface area contributed by atoms with E-state index in [0.717, 1.165) is 16.8 Å². The zero-order valence-corrected chi connectivity index (χ0v) is 17.3. The summed E-state index contributed by atoms with van der Waals surface area (Å²) in [5.74, 6) is 0.614. The van der Waals surface area contributed by atoms with E-state index in [2.05, 4.69) is 20.8 Å². The highest BCUT2D eigenvalue weighted by molar-refractivity contribution is 5.92. The number of ether oxygens (including phenoxy) is 1. The summed E-state index contributed by atoms with van der Waals surface area (Å²) in [6.07, 6.45) is 0. The van der Waals surface area contributed by atoms with Gasteiger partial charge in [0.05, 0.1) is 11.5 Å². The SMILES string of the molecule is O=C(CNc1ccc(OCc2ccc([N+](=O)[O-])cc2)cc1)Nc1nnc(-c2ccccc2)o1. The standard InChI is InChI=1S/C23H19N5O5/c29-21(25-23-27-26-22(33-23)17-4-2-1-3-5-17)14-24-18-8-12-20(13-9-18)32-15-16-6-10-19(11-7-16)28(30)31/h1-13,24H,14-15H2,(H,25,27,29). The van der Waals surface area contributed by atoms with E-state index in [0.29, 0.717) is 11.6 Å². The second kappa shape index (κ2) is 10.1. The predicted molar refractivity (Wildman–Crippen MR) is 121 cm³/mol. The topological polar surface area (TPSA) is 132 Å². The summed E-state index contributed by atoms with van der Waals surface area (Å²) in [5, 5.41) is 24.0. The molecule has 1 aromatic heterocycles. The number of benzene rings is 3. The number of aromatic nitrogens is 2. The fraction of sp³-hybridized carbons (Fsp3) is 0.0870. The molecule has 0 radical (unpaired) electrons. The third kappa shape index (κ3) is 5.91. The average molecular weight is 445 g/mol. The van der Waals surface area contributed by atoms with Crippen LogP contribution >= 0.6 is 0 Å². The van der Waals surface area contributed by atoms with Crippen molar-refractivity contribution < 1.29 is 18.9 Å². The van der Waals surface area contributed by atoms with Gasteiger partial charge in [-0.05, 0) is 54.1 Å². The largest absolute Gasteiger partial charge is 0.489 e. The van der Waals surface area contributed by atoms with E-state index < -0.39 is 4.92 Å². The minimum Gasteiger partial charge on any atom is -0.489 e. The molecule has 0 bridgehead atoms. The number of non-ortho nitro benzene ring substituents is 1. The molecule has 2 N–H and O–H groups in total. The Morgan fingerprint density at radius 1 is 0.970 bits per heavy atom. The van der Waals surface area contributed by atoms with E-state index in [9.17, 15) is 14.9 Å². The van der Waals surface area contributed by atoms with Crippen molar-refractivity contribution in [3.05, 3.63) is 94.5 Å². The van der Waals surface area contributed by atoms with Gasteiger partial charge in [0.2, 0.25) is 11.8 Å². The summed E-state index contributed by atoms with van der Waals surface area (Å²) in [6, 6.07) is 22.5. The summed E-state index contributed by atoms with van der Waals surface area (Å²) in [5.41, 5.74) is 2.34. The number of carbonyl (C=O) groups is 1. The van der Waals surface area contributed by atoms with Gasteiger partial charge in [0, 0.05) is 23.4 Å². The van der Waals surface area contributed by atoms with Crippen molar-refractivity contribution in [2.75, 3.05) is 17.2 Å². The van der Waals surface area contributed by atoms with Crippen LogP contribution in [0, 0.1) is 10.1 Å². The van der Waals surface area contributed by atoms with Gasteiger partial charge in [-0.3, -0.25) is 20.2 Å². The van der Waals surface area contributed by atoms with Gasteiger partial charge in [0.25, 0.3) is 5.69 Å². The van der Waals surface area contributed by atoms with Crippen molar-refractivity contribution >= 4 is 23.3 Å². The molecule has 0 aliphatic carbocycles. The van der Waals surface area contributed by atoms with Crippen LogP contribution in [0.3, 0.4) is 0 Å². The van der Waals surface area contributed by atoms with Gasteiger partial charge in [-0.15, -0.1) is 5.10 Å². The Morgan fingerprint density at radius 3 is 2.39 bits per heavy atom. The minimum atomic E-state index is -0.444. The highest BCUT2D eigenvalue weighted by Gasteiger charge is 2.11. The van der Waals surface area contributed by atoms with E-state index in [-0.39, 0.29) is 30.8 Å². The number of nitrogens with zero attached hydrogens (tertiary/aromatic N) is 3. The van der Waals surface area contributed by atoms with Crippen molar-refractivity contribution in [3.63, 3.8) is 0 Å². The quantitative estimate of drug-likeness (QED) is 0.288. The van der Waals surface area contributed by atoms with E-state index in [1.165, 1.54) is 12.1 Å². The first-order valence-electron chi connectivity index (χ1n) is 9.96. The first-order valence-corrected chi connectivity index (χ1v) is 9.96. The lowest BCUT2D eigenvalue weighted by atomic mass is 10.2. The molecule has 0 atom stereocenters. The Hall–Kier alpha value is -4.73. The molecule has 0 unspecified atom stereocenters. The Kier molecular flexibility index (Phi) is 6.55. The van der Waals surface area contributed by atoms with E-state index in [1.54, 1.807) is 36.4 Å². The van der Waals surface area contributed by atoms with E-state index in [1.807, 2.05) is 30.3 Å². The predicted octanol–water partition coefficient (Wildman–Crippen LogP) is 4.27. The molecule has 33 heavy (non-hydrogen) atoms. The maximum absolute atomic E-state index is 12.2. The van der Waals surface area contributed by atoms with Crippen LogP contribution in [-0.2, 0) is 11.4 Å². The molecule has 0 fully saturated rings. The van der Waals surface area contributed by atoms with Crippen molar-refractivity contribution in [2.45, 2.75) is 6.61 Å². The number of amides is 1. The maximum atomic E-state index is 12.2. The van der Waals surface area contributed by atoms with Gasteiger partial charge in [0.15, 0.2) is 0 Å². The van der Waals surface area contributed by atoms with Crippen LogP contribution in [0.4, 0.5) is 17.4 Å². The fourth-order valence-electron chi connectivity index (χ4n) is 2.87. The molecule has 166 valence electrons. The van der Waals surface area contributed by atoms with Gasteiger partial charge in [-0.1, -0.05) is 23.3 Å². The van der Waals surface area contributed by atoms with Crippen LogP contribution in [0.5, 0.6) is 5.75 Å². The van der Waals surface area contributed by atoms with Crippen LogP contribution in [0.25, 0.3) is 11.5 Å². The Bertz CT molecular complexity index is 1220. The normalized spacial score (nSPS) is 10.4. The Labute approximate surface area is 188 Å². The van der Waals surface area contributed by atoms with Crippen LogP contribution < -0.4 is 15.4 Å². The van der Waals surface area contributed by atoms with Crippen molar-refractivity contribution in [2.24, 2.45) is 0 Å². The summed E-state index contributed by atoms with van der Waals surface area (Å²) < 4.78 is 11.1. The van der Waals surface area contributed by atoms with E-state index in [4.69, 9.17) is 9.15 Å². The molecule has 0 spiro atoms. The summed E-state index contributed by atoms with van der Waals surface area (Å²) in [6.45, 7) is 0.286. The molecule has 4 aromatic rings. The van der Waals surface area contributed by atoms with Gasteiger partial charge < -0.3 is 14.5 Å². The van der Waals surface area contributed by atoms with Crippen LogP contribution in [0.15, 0.2) is 83.3 Å². The molecule has 0 aliphatic rings. The Morgan fingerprint density at radius 2 is 1.70 bits per heavy atom. The van der Waals surface area contributed by atoms with Crippen LogP contribution in [0.2, 0.25) is 0 Å². The number of nitrogens with one attached hydrogen (secondary N) is 2. The van der Waals surface area contributed by atoms with Gasteiger partial charge in [-0.2, -0.15) is 0 Å². The van der Waals surface area contributed by atoms with Gasteiger partial charge >= 0.3 is 6.01 Å². The number of rotatable bonds is 9. The van der Waals surface area contributed by atoms with Crippen LogP contribution in [0.1, 0.15) is 5.56 Å². The maximum Gasteiger partial charge on any atom is 0.322 e. The number of carbonyl (C=O) groups excluding carboxylic acids is 1. The van der Waals surface area contributed by atoms with Gasteiger partial charge in [-0.25, -0.2) is 0 Å². The second-order valence-corrected chi connectivity index (χ2v) is 6.92. The third-order valence-electron chi connectivity index (χ3n) is 4.55. The molecule has 0 aliphatic heterocycles. The molecule has 1 amide bonds. The fourth-order valence-corrected chi connectivity index (χ4v) is 2.87. The average Bonchev–Trinajstić information content (AvgIpc) is 3.31. The molecule has 1 heterocycles. The summed E-state index contributed by atoms with van der Waals surface area (Å²) >= 11 is 0. The molecule has 3 aromatic carbocycles. The number of hydrogen-bond donors (Lipinski definition) is 2. The third-order valence-corrected chi connectivity index (χ3v) is 4.55. The second-order valence-electron chi connectivity index (χ2n) is 6.92. The lowest BCUT2D eigenvalue weighted by molar-refractivity contribution is -0.384. The monoisotopic (exact) mass is 445 g/mol. The molecule has 4 rings (SSSR count). The van der Waals surface area contributed by atoms with Crippen molar-refractivity contribution in [3.8, 4) is 17.2 Å². The first-order chi connectivity index (χ1) is 16.1. The van der Waals surface area contributed by atoms with Gasteiger partial charge in [0.1, 0.15) is 12.4 Å². The Balaban J connectivity index is 1.23. The highest BCUT2D eigenvalue weighted by atomic mass is 16.6. The molecule has 10 heteroatoms. The molecule has 10 nitrogen and oxygen atoms in total. The lowest BCUT2D eigenvalue weighted by Gasteiger charge is -2.09. The lowest BCUT2D eigenvalue weighted by Crippen LogP contribution is -2.21. The van der Waals surface area contributed by atoms with Crippen molar-refractivity contribution in [1.82, 2.24) is 10.2 Å². The number of nitro benzene ring substituents is 1. The highest BCUT2D eigenvalue weighted by Crippen LogP contribution is 2.20. The summed E-state index contributed by atoms with van der Waals surface area (Å²) in [4.78, 5) is 22.4. The zero-order valence-electron chi connectivity index (χ0n) is 17.3. The molecular weight excluding hydrogens is 426 g/mol.